The quantitative estimate of drug-likeness (QED) is 0.560. The van der Waals surface area contributed by atoms with E-state index in [1.165, 1.54) is 0 Å². The van der Waals surface area contributed by atoms with Gasteiger partial charge in [0.2, 0.25) is 0 Å². The van der Waals surface area contributed by atoms with E-state index in [9.17, 15) is 5.11 Å². The zero-order valence-corrected chi connectivity index (χ0v) is 7.37. The second-order valence-electron chi connectivity index (χ2n) is 3.31. The van der Waals surface area contributed by atoms with Crippen LogP contribution in [0.5, 0.6) is 0 Å². The molecule has 1 atom stereocenters. The third kappa shape index (κ3) is 2.11. The number of rotatable bonds is 0. The Morgan fingerprint density at radius 2 is 2.10 bits per heavy atom. The zero-order chi connectivity index (χ0) is 6.91. The molecule has 0 aromatic rings. The third-order valence-electron chi connectivity index (χ3n) is 2.07. The minimum atomic E-state index is -0.161. The van der Waals surface area contributed by atoms with E-state index >= 15 is 0 Å². The summed E-state index contributed by atoms with van der Waals surface area (Å²) in [5, 5.41) is 12.6. The highest BCUT2D eigenvalue weighted by molar-refractivity contribution is 5.85. The molecular weight excluding hydrogens is 150 g/mol. The number of piperidine rings is 1. The number of hydrogen-bond donors (Lipinski definition) is 2. The van der Waals surface area contributed by atoms with Crippen molar-refractivity contribution in [3.8, 4) is 0 Å². The van der Waals surface area contributed by atoms with Gasteiger partial charge in [0.05, 0.1) is 6.10 Å². The zero-order valence-electron chi connectivity index (χ0n) is 6.55. The smallest absolute Gasteiger partial charge is 0.0716 e. The normalized spacial score (nSPS) is 30.9. The highest BCUT2D eigenvalue weighted by Crippen LogP contribution is 2.17. The molecule has 1 unspecified atom stereocenters. The molecule has 0 aromatic heterocycles. The molecule has 1 rings (SSSR count). The molecule has 2 N–H and O–H groups in total. The molecule has 1 aliphatic heterocycles. The van der Waals surface area contributed by atoms with Crippen LogP contribution >= 0.6 is 12.4 Å². The maximum Gasteiger partial charge on any atom is 0.0716 e. The second kappa shape index (κ2) is 3.56. The fraction of sp³-hybridized carbons (Fsp3) is 1.00. The highest BCUT2D eigenvalue weighted by atomic mass is 35.5. The maximum atomic E-state index is 9.37. The lowest BCUT2D eigenvalue weighted by Crippen LogP contribution is -2.53. The van der Waals surface area contributed by atoms with E-state index < -0.39 is 0 Å². The summed E-state index contributed by atoms with van der Waals surface area (Å²) < 4.78 is 0. The Balaban J connectivity index is 0.000000810. The molecule has 10 heavy (non-hydrogen) atoms. The van der Waals surface area contributed by atoms with E-state index in [4.69, 9.17) is 0 Å². The lowest BCUT2D eigenvalue weighted by Gasteiger charge is -2.36. The first-order valence-electron chi connectivity index (χ1n) is 3.56. The lowest BCUT2D eigenvalue weighted by molar-refractivity contribution is 0.0511. The van der Waals surface area contributed by atoms with E-state index in [2.05, 4.69) is 5.32 Å². The summed E-state index contributed by atoms with van der Waals surface area (Å²) in [5.41, 5.74) is -0.0573. The summed E-state index contributed by atoms with van der Waals surface area (Å²) in [7, 11) is 0. The standard InChI is InChI=1S/C7H15NO.ClH/c1-7(2)6(9)4-3-5-8-7;/h6,8-9H,3-5H2,1-2H3;1H. The van der Waals surface area contributed by atoms with E-state index in [0.717, 1.165) is 19.4 Å². The fourth-order valence-corrected chi connectivity index (χ4v) is 1.18. The molecule has 0 aromatic carbocycles. The van der Waals surface area contributed by atoms with Crippen molar-refractivity contribution < 1.29 is 5.11 Å². The Bertz CT molecular complexity index is 106. The molecule has 0 radical (unpaired) electrons. The Morgan fingerprint density at radius 3 is 2.40 bits per heavy atom. The summed E-state index contributed by atoms with van der Waals surface area (Å²) in [6, 6.07) is 0. The highest BCUT2D eigenvalue weighted by Gasteiger charge is 2.29. The van der Waals surface area contributed by atoms with Crippen molar-refractivity contribution in [1.29, 1.82) is 0 Å². The van der Waals surface area contributed by atoms with Gasteiger partial charge in [-0.2, -0.15) is 0 Å². The van der Waals surface area contributed by atoms with Crippen LogP contribution in [0, 0.1) is 0 Å². The van der Waals surface area contributed by atoms with Gasteiger partial charge >= 0.3 is 0 Å². The van der Waals surface area contributed by atoms with E-state index in [-0.39, 0.29) is 24.0 Å². The Kier molecular flexibility index (Phi) is 3.63. The molecule has 0 spiro atoms. The van der Waals surface area contributed by atoms with Gasteiger partial charge in [-0.15, -0.1) is 12.4 Å². The summed E-state index contributed by atoms with van der Waals surface area (Å²) in [5.74, 6) is 0. The minimum absolute atomic E-state index is 0. The van der Waals surface area contributed by atoms with Gasteiger partial charge < -0.3 is 10.4 Å². The maximum absolute atomic E-state index is 9.37. The van der Waals surface area contributed by atoms with Crippen molar-refractivity contribution in [3.05, 3.63) is 0 Å². The van der Waals surface area contributed by atoms with Gasteiger partial charge in [-0.3, -0.25) is 0 Å². The predicted octanol–water partition coefficient (Wildman–Crippen LogP) is 0.931. The fourth-order valence-electron chi connectivity index (χ4n) is 1.18. The number of halogens is 1. The molecule has 1 aliphatic rings. The molecule has 0 saturated carbocycles. The van der Waals surface area contributed by atoms with Crippen molar-refractivity contribution >= 4 is 12.4 Å². The molecule has 1 fully saturated rings. The average molecular weight is 166 g/mol. The molecule has 62 valence electrons. The van der Waals surface area contributed by atoms with E-state index in [1.807, 2.05) is 13.8 Å². The molecule has 3 heteroatoms. The van der Waals surface area contributed by atoms with Crippen molar-refractivity contribution in [2.45, 2.75) is 38.3 Å². The van der Waals surface area contributed by atoms with Gasteiger partial charge in [-0.05, 0) is 33.2 Å². The average Bonchev–Trinajstić information content (AvgIpc) is 1.77. The molecular formula is C7H16ClNO. The largest absolute Gasteiger partial charge is 0.391 e. The Hall–Kier alpha value is 0.210. The van der Waals surface area contributed by atoms with Crippen LogP contribution in [0.3, 0.4) is 0 Å². The van der Waals surface area contributed by atoms with Gasteiger partial charge in [0.15, 0.2) is 0 Å². The number of hydrogen-bond acceptors (Lipinski definition) is 2. The summed E-state index contributed by atoms with van der Waals surface area (Å²) in [6.07, 6.45) is 1.89. The molecule has 0 amide bonds. The molecule has 1 saturated heterocycles. The molecule has 2 nitrogen and oxygen atoms in total. The Morgan fingerprint density at radius 1 is 1.50 bits per heavy atom. The van der Waals surface area contributed by atoms with Gasteiger partial charge in [0, 0.05) is 5.54 Å². The van der Waals surface area contributed by atoms with Crippen LogP contribution in [0.15, 0.2) is 0 Å². The number of aliphatic hydroxyl groups is 1. The van der Waals surface area contributed by atoms with Crippen molar-refractivity contribution in [2.75, 3.05) is 6.54 Å². The lowest BCUT2D eigenvalue weighted by atomic mass is 9.90. The second-order valence-corrected chi connectivity index (χ2v) is 3.31. The summed E-state index contributed by atoms with van der Waals surface area (Å²) >= 11 is 0. The number of aliphatic hydroxyl groups excluding tert-OH is 1. The SMILES string of the molecule is CC1(C)NCCCC1O.Cl. The van der Waals surface area contributed by atoms with Crippen LogP contribution in [0.4, 0.5) is 0 Å². The van der Waals surface area contributed by atoms with Gasteiger partial charge in [0.1, 0.15) is 0 Å². The van der Waals surface area contributed by atoms with Crippen LogP contribution in [0.2, 0.25) is 0 Å². The van der Waals surface area contributed by atoms with E-state index in [0.29, 0.717) is 0 Å². The molecule has 0 aliphatic carbocycles. The van der Waals surface area contributed by atoms with Crippen molar-refractivity contribution in [2.24, 2.45) is 0 Å². The summed E-state index contributed by atoms with van der Waals surface area (Å²) in [6.45, 7) is 5.12. The predicted molar refractivity (Wildman–Crippen MR) is 44.6 cm³/mol. The first-order chi connectivity index (χ1) is 4.13. The van der Waals surface area contributed by atoms with E-state index in [1.54, 1.807) is 0 Å². The van der Waals surface area contributed by atoms with Crippen LogP contribution < -0.4 is 5.32 Å². The van der Waals surface area contributed by atoms with Crippen molar-refractivity contribution in [1.82, 2.24) is 5.32 Å². The molecule has 0 bridgehead atoms. The van der Waals surface area contributed by atoms with Gasteiger partial charge in [-0.25, -0.2) is 0 Å². The van der Waals surface area contributed by atoms with Gasteiger partial charge in [0.25, 0.3) is 0 Å². The van der Waals surface area contributed by atoms with Crippen LogP contribution in [0.25, 0.3) is 0 Å². The monoisotopic (exact) mass is 165 g/mol. The van der Waals surface area contributed by atoms with Crippen LogP contribution in [-0.2, 0) is 0 Å². The van der Waals surface area contributed by atoms with Crippen LogP contribution in [0.1, 0.15) is 26.7 Å². The van der Waals surface area contributed by atoms with Crippen LogP contribution in [-0.4, -0.2) is 23.3 Å². The molecule has 1 heterocycles. The number of nitrogens with one attached hydrogen (secondary N) is 1. The van der Waals surface area contributed by atoms with Gasteiger partial charge in [-0.1, -0.05) is 0 Å². The Labute approximate surface area is 68.4 Å². The third-order valence-corrected chi connectivity index (χ3v) is 2.07. The van der Waals surface area contributed by atoms with Crippen molar-refractivity contribution in [3.63, 3.8) is 0 Å². The summed E-state index contributed by atoms with van der Waals surface area (Å²) in [4.78, 5) is 0. The minimum Gasteiger partial charge on any atom is -0.391 e. The first kappa shape index (κ1) is 10.2. The first-order valence-corrected chi connectivity index (χ1v) is 3.56. The topological polar surface area (TPSA) is 32.3 Å².